The molecule has 1 N–H and O–H groups in total. The molecular weight excluding hydrogens is 472 g/mol. The van der Waals surface area contributed by atoms with Crippen molar-refractivity contribution in [3.63, 3.8) is 0 Å². The number of rotatable bonds is 7. The molecule has 4 nitrogen and oxygen atoms in total. The number of aromatic hydroxyl groups is 1. The van der Waals surface area contributed by atoms with E-state index in [1.165, 1.54) is 5.56 Å². The van der Waals surface area contributed by atoms with Crippen molar-refractivity contribution in [1.29, 1.82) is 0 Å². The molecule has 3 rings (SSSR count). The minimum Gasteiger partial charge on any atom is -0.507 e. The summed E-state index contributed by atoms with van der Waals surface area (Å²) in [5.41, 5.74) is 7.51. The first-order valence-electron chi connectivity index (χ1n) is 13.6. The van der Waals surface area contributed by atoms with Gasteiger partial charge in [-0.2, -0.15) is 0 Å². The van der Waals surface area contributed by atoms with Gasteiger partial charge in [0.05, 0.1) is 20.3 Å². The second kappa shape index (κ2) is 10.9. The van der Waals surface area contributed by atoms with Crippen molar-refractivity contribution in [2.45, 2.75) is 92.6 Å². The SMILES string of the molecule is CCc1cc(-c2cc(OC)c(-c3cc(C(C)(C)C)cc(C)c3OC(C)C)cc2OC)c(O)c(C(C)(C)C)c1. The van der Waals surface area contributed by atoms with Gasteiger partial charge in [0, 0.05) is 27.8 Å². The molecule has 0 bridgehead atoms. The molecule has 0 heterocycles. The van der Waals surface area contributed by atoms with Crippen LogP contribution in [0.2, 0.25) is 0 Å². The molecule has 3 aromatic carbocycles. The lowest BCUT2D eigenvalue weighted by atomic mass is 9.82. The molecule has 0 saturated heterocycles. The summed E-state index contributed by atoms with van der Waals surface area (Å²) in [6, 6.07) is 12.6. The van der Waals surface area contributed by atoms with Crippen LogP contribution in [0.25, 0.3) is 22.3 Å². The van der Waals surface area contributed by atoms with Gasteiger partial charge in [-0.05, 0) is 79.0 Å². The highest BCUT2D eigenvalue weighted by Gasteiger charge is 2.26. The molecule has 0 aromatic heterocycles. The maximum Gasteiger partial charge on any atom is 0.130 e. The third-order valence-corrected chi connectivity index (χ3v) is 6.98. The van der Waals surface area contributed by atoms with Crippen LogP contribution in [0.1, 0.15) is 84.6 Å². The molecule has 206 valence electrons. The summed E-state index contributed by atoms with van der Waals surface area (Å²) in [6.07, 6.45) is 0.882. The van der Waals surface area contributed by atoms with E-state index in [2.05, 4.69) is 79.7 Å². The molecule has 0 atom stereocenters. The fraction of sp³-hybridized carbons (Fsp3) is 0.471. The highest BCUT2D eigenvalue weighted by Crippen LogP contribution is 2.49. The smallest absolute Gasteiger partial charge is 0.130 e. The molecule has 0 aliphatic heterocycles. The van der Waals surface area contributed by atoms with Gasteiger partial charge in [-0.25, -0.2) is 0 Å². The predicted molar refractivity (Wildman–Crippen MR) is 159 cm³/mol. The van der Waals surface area contributed by atoms with E-state index in [1.54, 1.807) is 14.2 Å². The first-order valence-corrected chi connectivity index (χ1v) is 13.6. The van der Waals surface area contributed by atoms with E-state index in [-0.39, 0.29) is 22.7 Å². The van der Waals surface area contributed by atoms with Crippen LogP contribution < -0.4 is 14.2 Å². The van der Waals surface area contributed by atoms with Gasteiger partial charge in [0.2, 0.25) is 0 Å². The Labute approximate surface area is 230 Å². The first kappa shape index (κ1) is 29.4. The first-order chi connectivity index (χ1) is 17.6. The number of phenolic OH excluding ortho intramolecular Hbond substituents is 1. The monoisotopic (exact) mass is 518 g/mol. The number of ether oxygens (including phenoxy) is 3. The van der Waals surface area contributed by atoms with Crippen LogP contribution in [-0.2, 0) is 17.3 Å². The van der Waals surface area contributed by atoms with Crippen molar-refractivity contribution in [2.75, 3.05) is 14.2 Å². The zero-order valence-electron chi connectivity index (χ0n) is 25.4. The quantitative estimate of drug-likeness (QED) is 0.339. The maximum atomic E-state index is 11.5. The summed E-state index contributed by atoms with van der Waals surface area (Å²) >= 11 is 0. The lowest BCUT2D eigenvalue weighted by Crippen LogP contribution is -2.14. The van der Waals surface area contributed by atoms with E-state index in [1.807, 2.05) is 26.0 Å². The van der Waals surface area contributed by atoms with Crippen LogP contribution >= 0.6 is 0 Å². The topological polar surface area (TPSA) is 47.9 Å². The Kier molecular flexibility index (Phi) is 8.45. The average Bonchev–Trinajstić information content (AvgIpc) is 2.82. The van der Waals surface area contributed by atoms with Crippen molar-refractivity contribution in [2.24, 2.45) is 0 Å². The number of aryl methyl sites for hydroxylation is 2. The Morgan fingerprint density at radius 3 is 1.74 bits per heavy atom. The minimum atomic E-state index is -0.213. The fourth-order valence-electron chi connectivity index (χ4n) is 4.79. The normalized spacial score (nSPS) is 12.1. The standard InChI is InChI=1S/C34H46O4/c1-13-22-15-26(31(35)28(16-22)34(8,9)10)24-18-30(37-12)25(19-29(24)36-11)27-17-23(33(5,6)7)14-21(4)32(27)38-20(2)3/h14-20,35H,13H2,1-12H3. The zero-order chi connectivity index (χ0) is 28.6. The Bertz CT molecular complexity index is 1300. The van der Waals surface area contributed by atoms with Gasteiger partial charge in [-0.15, -0.1) is 0 Å². The molecule has 0 aliphatic rings. The summed E-state index contributed by atoms with van der Waals surface area (Å²) in [7, 11) is 3.35. The van der Waals surface area contributed by atoms with E-state index in [0.717, 1.165) is 51.1 Å². The molecule has 38 heavy (non-hydrogen) atoms. The molecule has 0 spiro atoms. The molecule has 0 fully saturated rings. The second-order valence-corrected chi connectivity index (χ2v) is 12.5. The van der Waals surface area contributed by atoms with Crippen molar-refractivity contribution in [3.05, 3.63) is 58.7 Å². The summed E-state index contributed by atoms with van der Waals surface area (Å²) in [5.74, 6) is 2.47. The van der Waals surface area contributed by atoms with Gasteiger partial charge in [0.25, 0.3) is 0 Å². The molecule has 4 heteroatoms. The average molecular weight is 519 g/mol. The van der Waals surface area contributed by atoms with E-state index in [9.17, 15) is 5.11 Å². The Balaban J connectivity index is 2.39. The van der Waals surface area contributed by atoms with Crippen LogP contribution in [0, 0.1) is 6.92 Å². The Hall–Kier alpha value is -3.14. The summed E-state index contributed by atoms with van der Waals surface area (Å²) < 4.78 is 18.3. The van der Waals surface area contributed by atoms with Gasteiger partial charge in [-0.3, -0.25) is 0 Å². The zero-order valence-corrected chi connectivity index (χ0v) is 25.4. The predicted octanol–water partition coefficient (Wildman–Crippen LogP) is 9.00. The number of hydrogen-bond donors (Lipinski definition) is 1. The van der Waals surface area contributed by atoms with Crippen molar-refractivity contribution < 1.29 is 19.3 Å². The lowest BCUT2D eigenvalue weighted by Gasteiger charge is -2.26. The van der Waals surface area contributed by atoms with Crippen LogP contribution in [0.15, 0.2) is 36.4 Å². The summed E-state index contributed by atoms with van der Waals surface area (Å²) in [6.45, 7) is 21.3. The Morgan fingerprint density at radius 2 is 1.29 bits per heavy atom. The number of methoxy groups -OCH3 is 2. The van der Waals surface area contributed by atoms with E-state index in [4.69, 9.17) is 14.2 Å². The third kappa shape index (κ3) is 5.95. The number of hydrogen-bond acceptors (Lipinski definition) is 4. The largest absolute Gasteiger partial charge is 0.507 e. The fourth-order valence-corrected chi connectivity index (χ4v) is 4.79. The van der Waals surface area contributed by atoms with Crippen LogP contribution in [0.4, 0.5) is 0 Å². The van der Waals surface area contributed by atoms with Crippen LogP contribution in [0.3, 0.4) is 0 Å². The molecule has 0 saturated carbocycles. The van der Waals surface area contributed by atoms with Crippen molar-refractivity contribution >= 4 is 0 Å². The minimum absolute atomic E-state index is 0.0182. The van der Waals surface area contributed by atoms with E-state index >= 15 is 0 Å². The van der Waals surface area contributed by atoms with Crippen LogP contribution in [-0.4, -0.2) is 25.4 Å². The van der Waals surface area contributed by atoms with Crippen molar-refractivity contribution in [3.8, 4) is 45.3 Å². The van der Waals surface area contributed by atoms with Gasteiger partial charge in [-0.1, -0.05) is 60.6 Å². The van der Waals surface area contributed by atoms with E-state index in [0.29, 0.717) is 11.5 Å². The maximum absolute atomic E-state index is 11.5. The van der Waals surface area contributed by atoms with Gasteiger partial charge in [0.15, 0.2) is 0 Å². The molecule has 0 aliphatic carbocycles. The van der Waals surface area contributed by atoms with Crippen molar-refractivity contribution in [1.82, 2.24) is 0 Å². The second-order valence-electron chi connectivity index (χ2n) is 12.5. The van der Waals surface area contributed by atoms with Gasteiger partial charge < -0.3 is 19.3 Å². The number of benzene rings is 3. The molecular formula is C34H46O4. The third-order valence-electron chi connectivity index (χ3n) is 6.98. The molecule has 3 aromatic rings. The lowest BCUT2D eigenvalue weighted by molar-refractivity contribution is 0.241. The highest BCUT2D eigenvalue weighted by atomic mass is 16.5. The highest BCUT2D eigenvalue weighted by molar-refractivity contribution is 5.86. The van der Waals surface area contributed by atoms with Gasteiger partial charge in [0.1, 0.15) is 23.0 Å². The molecule has 0 radical (unpaired) electrons. The molecule has 0 amide bonds. The summed E-state index contributed by atoms with van der Waals surface area (Å²) in [5, 5.41) is 11.5. The van der Waals surface area contributed by atoms with Gasteiger partial charge >= 0.3 is 0 Å². The number of phenols is 1. The molecule has 0 unspecified atom stereocenters. The Morgan fingerprint density at radius 1 is 0.737 bits per heavy atom. The summed E-state index contributed by atoms with van der Waals surface area (Å²) in [4.78, 5) is 0. The van der Waals surface area contributed by atoms with Crippen LogP contribution in [0.5, 0.6) is 23.0 Å². The van der Waals surface area contributed by atoms with E-state index < -0.39 is 0 Å².